The first-order valence-corrected chi connectivity index (χ1v) is 12.1. The Balaban J connectivity index is 2.07. The highest BCUT2D eigenvalue weighted by atomic mass is 16.5. The van der Waals surface area contributed by atoms with Gasteiger partial charge < -0.3 is 25.4 Å². The molecule has 0 saturated carbocycles. The van der Waals surface area contributed by atoms with E-state index in [1.807, 2.05) is 6.07 Å². The van der Waals surface area contributed by atoms with E-state index in [4.69, 9.17) is 9.84 Å². The van der Waals surface area contributed by atoms with E-state index in [2.05, 4.69) is 5.32 Å². The Morgan fingerprint density at radius 1 is 0.872 bits per heavy atom. The molecule has 1 aliphatic heterocycles. The number of amides is 5. The summed E-state index contributed by atoms with van der Waals surface area (Å²) in [6.45, 7) is 2.42. The van der Waals surface area contributed by atoms with Crippen LogP contribution in [0.3, 0.4) is 0 Å². The van der Waals surface area contributed by atoms with E-state index in [0.29, 0.717) is 4.90 Å². The highest BCUT2D eigenvalue weighted by Gasteiger charge is 2.57. The number of barbiturate groups is 1. The lowest BCUT2D eigenvalue weighted by Gasteiger charge is -2.44. The van der Waals surface area contributed by atoms with Gasteiger partial charge in [-0.1, -0.05) is 30.3 Å². The fourth-order valence-electron chi connectivity index (χ4n) is 3.95. The van der Waals surface area contributed by atoms with Gasteiger partial charge in [-0.3, -0.25) is 14.4 Å². The van der Waals surface area contributed by atoms with E-state index in [9.17, 15) is 43.8 Å². The number of nitrogens with one attached hydrogen (secondary N) is 1. The normalized spacial score (nSPS) is 16.4. The number of unbranched alkanes of at least 4 members (excludes halogenated alkanes) is 1. The van der Waals surface area contributed by atoms with Crippen molar-refractivity contribution in [2.45, 2.75) is 64.6 Å². The average molecular weight is 550 g/mol. The topological polar surface area (TPSA) is 208 Å². The molecule has 2 atom stereocenters. The minimum Gasteiger partial charge on any atom is -0.481 e. The third-order valence-corrected chi connectivity index (χ3v) is 6.13. The van der Waals surface area contributed by atoms with Crippen molar-refractivity contribution < 1.29 is 53.6 Å². The standard InChI is InChI=1S/C25H31N3O11/c1-25(2)21(35)27(24(38)28(22(25)36)17(20(33)34)11-12-18(29)30)16(19(31)32)10-6-7-13-26-23(37)39-14-15-8-4-3-5-9-15/h3-5,8-9,16-17H,6-7,10-14H2,1-2H3,(H,26,37)(H,29,30)(H,31,32)(H,33,34)/t16-,17?/m0/s1. The summed E-state index contributed by atoms with van der Waals surface area (Å²) in [7, 11) is 0. The second kappa shape index (κ2) is 13.3. The molecule has 0 bridgehead atoms. The van der Waals surface area contributed by atoms with Crippen LogP contribution in [0.1, 0.15) is 51.5 Å². The number of rotatable bonds is 14. The number of urea groups is 1. The molecule has 1 aliphatic rings. The molecule has 14 nitrogen and oxygen atoms in total. The lowest BCUT2D eigenvalue weighted by molar-refractivity contribution is -0.167. The molecule has 1 aromatic rings. The number of hydrogen-bond donors (Lipinski definition) is 4. The van der Waals surface area contributed by atoms with Crippen LogP contribution >= 0.6 is 0 Å². The first-order chi connectivity index (χ1) is 18.3. The third kappa shape index (κ3) is 7.75. The molecule has 0 aliphatic carbocycles. The SMILES string of the molecule is CC1(C)C(=O)N(C(CCC(=O)O)C(=O)O)C(=O)N([C@@H](CCCCNC(=O)OCc2ccccc2)C(=O)O)C1=O. The van der Waals surface area contributed by atoms with Gasteiger partial charge in [-0.05, 0) is 45.1 Å². The largest absolute Gasteiger partial charge is 0.481 e. The van der Waals surface area contributed by atoms with Crippen molar-refractivity contribution in [1.29, 1.82) is 0 Å². The number of imide groups is 2. The monoisotopic (exact) mass is 549 g/mol. The molecular weight excluding hydrogens is 518 g/mol. The molecule has 5 amide bonds. The van der Waals surface area contributed by atoms with E-state index in [-0.39, 0.29) is 37.3 Å². The van der Waals surface area contributed by atoms with E-state index in [1.165, 1.54) is 0 Å². The summed E-state index contributed by atoms with van der Waals surface area (Å²) in [6.07, 6.45) is -1.88. The fourth-order valence-corrected chi connectivity index (χ4v) is 3.95. The van der Waals surface area contributed by atoms with Gasteiger partial charge in [-0.15, -0.1) is 0 Å². The molecule has 1 saturated heterocycles. The second-order valence-corrected chi connectivity index (χ2v) is 9.38. The van der Waals surface area contributed by atoms with Gasteiger partial charge in [-0.25, -0.2) is 29.0 Å². The number of nitrogens with zero attached hydrogens (tertiary/aromatic N) is 2. The van der Waals surface area contributed by atoms with Gasteiger partial charge in [0.1, 0.15) is 24.1 Å². The van der Waals surface area contributed by atoms with E-state index in [1.54, 1.807) is 24.3 Å². The highest BCUT2D eigenvalue weighted by Crippen LogP contribution is 2.33. The van der Waals surface area contributed by atoms with Crippen molar-refractivity contribution in [2.24, 2.45) is 5.41 Å². The number of carboxylic acids is 3. The molecule has 212 valence electrons. The Morgan fingerprint density at radius 2 is 1.41 bits per heavy atom. The van der Waals surface area contributed by atoms with Gasteiger partial charge in [0.05, 0.1) is 0 Å². The van der Waals surface area contributed by atoms with Gasteiger partial charge in [0.25, 0.3) is 0 Å². The van der Waals surface area contributed by atoms with Gasteiger partial charge in [0, 0.05) is 13.0 Å². The van der Waals surface area contributed by atoms with Crippen molar-refractivity contribution in [3.8, 4) is 0 Å². The Morgan fingerprint density at radius 3 is 1.92 bits per heavy atom. The molecule has 1 aromatic carbocycles. The van der Waals surface area contributed by atoms with Gasteiger partial charge in [0.15, 0.2) is 0 Å². The second-order valence-electron chi connectivity index (χ2n) is 9.38. The average Bonchev–Trinajstić information content (AvgIpc) is 2.87. The molecule has 0 spiro atoms. The molecule has 14 heteroatoms. The van der Waals surface area contributed by atoms with Crippen LogP contribution < -0.4 is 5.32 Å². The number of benzene rings is 1. The van der Waals surface area contributed by atoms with Crippen LogP contribution in [0.25, 0.3) is 0 Å². The summed E-state index contributed by atoms with van der Waals surface area (Å²) in [4.78, 5) is 86.5. The highest BCUT2D eigenvalue weighted by molar-refractivity contribution is 6.20. The summed E-state index contributed by atoms with van der Waals surface area (Å²) >= 11 is 0. The van der Waals surface area contributed by atoms with Crippen molar-refractivity contribution in [2.75, 3.05) is 6.54 Å². The Labute approximate surface area is 223 Å². The maximum absolute atomic E-state index is 13.2. The molecule has 1 fully saturated rings. The summed E-state index contributed by atoms with van der Waals surface area (Å²) in [5, 5.41) is 30.8. The fraction of sp³-hybridized carbons (Fsp3) is 0.480. The van der Waals surface area contributed by atoms with Crippen LogP contribution in [0.5, 0.6) is 0 Å². The summed E-state index contributed by atoms with van der Waals surface area (Å²) < 4.78 is 5.07. The molecule has 1 heterocycles. The lowest BCUT2D eigenvalue weighted by Crippen LogP contribution is -2.69. The van der Waals surface area contributed by atoms with E-state index >= 15 is 0 Å². The zero-order chi connectivity index (χ0) is 29.3. The van der Waals surface area contributed by atoms with Crippen LogP contribution in [0, 0.1) is 5.41 Å². The number of hydrogen-bond acceptors (Lipinski definition) is 8. The molecule has 4 N–H and O–H groups in total. The Kier molecular flexibility index (Phi) is 10.5. The number of alkyl carbamates (subject to hydrolysis) is 1. The molecule has 0 aromatic heterocycles. The number of ether oxygens (including phenoxy) is 1. The van der Waals surface area contributed by atoms with Crippen molar-refractivity contribution in [1.82, 2.24) is 15.1 Å². The van der Waals surface area contributed by atoms with Crippen LogP contribution in [0.15, 0.2) is 30.3 Å². The van der Waals surface area contributed by atoms with Gasteiger partial charge in [0.2, 0.25) is 11.8 Å². The number of carbonyl (C=O) groups excluding carboxylic acids is 4. The molecule has 1 unspecified atom stereocenters. The van der Waals surface area contributed by atoms with Crippen molar-refractivity contribution in [3.05, 3.63) is 35.9 Å². The maximum atomic E-state index is 13.2. The van der Waals surface area contributed by atoms with E-state index < -0.39 is 72.2 Å². The summed E-state index contributed by atoms with van der Waals surface area (Å²) in [5.41, 5.74) is -1.20. The van der Waals surface area contributed by atoms with Crippen molar-refractivity contribution in [3.63, 3.8) is 0 Å². The third-order valence-electron chi connectivity index (χ3n) is 6.13. The number of carbonyl (C=O) groups is 7. The van der Waals surface area contributed by atoms with E-state index in [0.717, 1.165) is 19.4 Å². The lowest BCUT2D eigenvalue weighted by atomic mass is 9.85. The zero-order valence-corrected chi connectivity index (χ0v) is 21.5. The van der Waals surface area contributed by atoms with Crippen LogP contribution in [0.2, 0.25) is 0 Å². The van der Waals surface area contributed by atoms with Crippen LogP contribution in [-0.2, 0) is 35.3 Å². The predicted octanol–water partition coefficient (Wildman–Crippen LogP) is 1.67. The minimum absolute atomic E-state index is 0.0573. The van der Waals surface area contributed by atoms with Crippen LogP contribution in [0.4, 0.5) is 9.59 Å². The molecule has 2 rings (SSSR count). The Hall–Kier alpha value is -4.49. The first-order valence-electron chi connectivity index (χ1n) is 12.1. The quantitative estimate of drug-likeness (QED) is 0.194. The molecule has 39 heavy (non-hydrogen) atoms. The molecular formula is C25H31N3O11. The number of aliphatic carboxylic acids is 3. The summed E-state index contributed by atoms with van der Waals surface area (Å²) in [5.74, 6) is -6.90. The number of carboxylic acid groups (broad SMARTS) is 3. The summed E-state index contributed by atoms with van der Waals surface area (Å²) in [6, 6.07) is 3.86. The zero-order valence-electron chi connectivity index (χ0n) is 21.5. The predicted molar refractivity (Wildman–Crippen MR) is 131 cm³/mol. The minimum atomic E-state index is -1.98. The van der Waals surface area contributed by atoms with Crippen molar-refractivity contribution >= 4 is 41.8 Å². The van der Waals surface area contributed by atoms with Gasteiger partial charge >= 0.3 is 30.0 Å². The smallest absolute Gasteiger partial charge is 0.407 e. The first kappa shape index (κ1) is 30.7. The molecule has 0 radical (unpaired) electrons. The van der Waals surface area contributed by atoms with Crippen LogP contribution in [-0.4, -0.2) is 85.6 Å². The maximum Gasteiger partial charge on any atom is 0.407 e. The Bertz CT molecular complexity index is 1120. The van der Waals surface area contributed by atoms with Gasteiger partial charge in [-0.2, -0.15) is 0 Å².